The van der Waals surface area contributed by atoms with Gasteiger partial charge in [0.1, 0.15) is 5.82 Å². The summed E-state index contributed by atoms with van der Waals surface area (Å²) in [5.41, 5.74) is 0.574. The number of β-amino-alcohol motifs (C(OH)–C–C–N with tert-alkyl or cyclic N) is 1. The molecule has 2 aromatic carbocycles. The number of aliphatic hydroxyl groups is 1. The molecule has 2 aliphatic heterocycles. The Morgan fingerprint density at radius 3 is 2.61 bits per heavy atom. The summed E-state index contributed by atoms with van der Waals surface area (Å²) in [6.07, 6.45) is -4.53. The average Bonchev–Trinajstić information content (AvgIpc) is 2.82. The number of carbonyl (C=O) groups excluding carboxylic acids is 1. The fourth-order valence-corrected chi connectivity index (χ4v) is 4.79. The highest BCUT2D eigenvalue weighted by Gasteiger charge is 2.38. The van der Waals surface area contributed by atoms with E-state index in [1.54, 1.807) is 18.2 Å². The Morgan fingerprint density at radius 1 is 1.08 bits per heavy atom. The molecule has 0 radical (unpaired) electrons. The second-order valence-corrected chi connectivity index (χ2v) is 9.37. The Labute approximate surface area is 207 Å². The molecule has 10 heteroatoms. The molecule has 2 fully saturated rings. The molecule has 0 bridgehead atoms. The molecule has 1 amide bonds. The fourth-order valence-electron chi connectivity index (χ4n) is 4.79. The molecule has 196 valence electrons. The first kappa shape index (κ1) is 26.5. The van der Waals surface area contributed by atoms with Gasteiger partial charge in [0, 0.05) is 25.7 Å². The third-order valence-electron chi connectivity index (χ3n) is 6.54. The van der Waals surface area contributed by atoms with Gasteiger partial charge in [0.25, 0.3) is 0 Å². The van der Waals surface area contributed by atoms with Crippen molar-refractivity contribution in [3.63, 3.8) is 0 Å². The maximum atomic E-state index is 13.2. The third kappa shape index (κ3) is 7.25. The summed E-state index contributed by atoms with van der Waals surface area (Å²) in [5, 5.41) is 13.1. The number of hydrogen-bond acceptors (Lipinski definition) is 5. The molecular weight excluding hydrogens is 480 g/mol. The van der Waals surface area contributed by atoms with E-state index in [9.17, 15) is 27.5 Å². The van der Waals surface area contributed by atoms with E-state index in [0.29, 0.717) is 18.4 Å². The van der Waals surface area contributed by atoms with E-state index in [4.69, 9.17) is 9.47 Å². The lowest BCUT2D eigenvalue weighted by atomic mass is 9.94. The van der Waals surface area contributed by atoms with Crippen molar-refractivity contribution in [2.75, 3.05) is 19.8 Å². The van der Waals surface area contributed by atoms with Gasteiger partial charge in [-0.2, -0.15) is 13.2 Å². The van der Waals surface area contributed by atoms with Crippen LogP contribution in [0.3, 0.4) is 0 Å². The van der Waals surface area contributed by atoms with E-state index >= 15 is 0 Å². The highest BCUT2D eigenvalue weighted by atomic mass is 19.4. The van der Waals surface area contributed by atoms with Crippen LogP contribution >= 0.6 is 0 Å². The lowest BCUT2D eigenvalue weighted by Crippen LogP contribution is -2.55. The van der Waals surface area contributed by atoms with Crippen molar-refractivity contribution in [1.29, 1.82) is 0 Å². The first-order valence-corrected chi connectivity index (χ1v) is 12.0. The minimum atomic E-state index is -4.43. The Bertz CT molecular complexity index is 1020. The van der Waals surface area contributed by atoms with Crippen molar-refractivity contribution in [2.45, 2.75) is 62.9 Å². The smallest absolute Gasteiger partial charge is 0.389 e. The number of benzene rings is 2. The van der Waals surface area contributed by atoms with E-state index in [1.807, 2.05) is 4.90 Å². The Morgan fingerprint density at radius 2 is 1.86 bits per heavy atom. The standard InChI is InChI=1S/C26H30F4N2O4/c27-20-6-4-17(5-7-20)12-31-25(34)11-22-8-9-23-24(36-22)16-35-15-21(33)14-32(23)13-18-2-1-3-19(10-18)26(28,29)30/h1-7,10,21-24,33H,8-9,11-16H2,(H,31,34)/t21-,22+,23-,24+/m1/s1. The summed E-state index contributed by atoms with van der Waals surface area (Å²) >= 11 is 0. The van der Waals surface area contributed by atoms with E-state index in [-0.39, 0.29) is 69.2 Å². The predicted molar refractivity (Wildman–Crippen MR) is 123 cm³/mol. The van der Waals surface area contributed by atoms with E-state index in [2.05, 4.69) is 5.32 Å². The fraction of sp³-hybridized carbons (Fsp3) is 0.500. The number of hydrogen-bond donors (Lipinski definition) is 2. The molecule has 2 N–H and O–H groups in total. The molecular formula is C26H30F4N2O4. The predicted octanol–water partition coefficient (Wildman–Crippen LogP) is 3.66. The highest BCUT2D eigenvalue weighted by molar-refractivity contribution is 5.76. The third-order valence-corrected chi connectivity index (χ3v) is 6.54. The van der Waals surface area contributed by atoms with E-state index < -0.39 is 17.8 Å². The molecule has 36 heavy (non-hydrogen) atoms. The second kappa shape index (κ2) is 11.7. The first-order valence-electron chi connectivity index (χ1n) is 12.0. The summed E-state index contributed by atoms with van der Waals surface area (Å²) < 4.78 is 64.4. The first-order chi connectivity index (χ1) is 17.2. The second-order valence-electron chi connectivity index (χ2n) is 9.37. The van der Waals surface area contributed by atoms with Crippen molar-refractivity contribution in [2.24, 2.45) is 0 Å². The van der Waals surface area contributed by atoms with Crippen molar-refractivity contribution in [3.05, 3.63) is 71.0 Å². The van der Waals surface area contributed by atoms with Gasteiger partial charge in [0.15, 0.2) is 0 Å². The quantitative estimate of drug-likeness (QED) is 0.581. The number of aliphatic hydroxyl groups excluding tert-OH is 1. The minimum absolute atomic E-state index is 0.0918. The van der Waals surface area contributed by atoms with Crippen LogP contribution in [0.25, 0.3) is 0 Å². The number of carbonyl (C=O) groups is 1. The maximum absolute atomic E-state index is 13.2. The monoisotopic (exact) mass is 510 g/mol. The van der Waals surface area contributed by atoms with Gasteiger partial charge in [0.2, 0.25) is 5.91 Å². The molecule has 6 nitrogen and oxygen atoms in total. The van der Waals surface area contributed by atoms with Crippen LogP contribution in [0.1, 0.15) is 36.0 Å². The molecule has 0 aromatic heterocycles. The van der Waals surface area contributed by atoms with Crippen LogP contribution in [0.15, 0.2) is 48.5 Å². The maximum Gasteiger partial charge on any atom is 0.416 e. The van der Waals surface area contributed by atoms with Crippen LogP contribution < -0.4 is 5.32 Å². The lowest BCUT2D eigenvalue weighted by Gasteiger charge is -2.44. The van der Waals surface area contributed by atoms with Crippen molar-refractivity contribution >= 4 is 5.91 Å². The molecule has 4 atom stereocenters. The number of ether oxygens (including phenoxy) is 2. The average molecular weight is 511 g/mol. The summed E-state index contributed by atoms with van der Waals surface area (Å²) in [6, 6.07) is 10.9. The van der Waals surface area contributed by atoms with Gasteiger partial charge in [-0.3, -0.25) is 9.69 Å². The van der Waals surface area contributed by atoms with Crippen molar-refractivity contribution < 1.29 is 36.9 Å². The molecule has 0 unspecified atom stereocenters. The van der Waals surface area contributed by atoms with Gasteiger partial charge in [-0.1, -0.05) is 30.3 Å². The summed E-state index contributed by atoms with van der Waals surface area (Å²) in [5.74, 6) is -0.531. The van der Waals surface area contributed by atoms with Gasteiger partial charge in [-0.25, -0.2) is 4.39 Å². The van der Waals surface area contributed by atoms with Crippen molar-refractivity contribution in [1.82, 2.24) is 10.2 Å². The highest BCUT2D eigenvalue weighted by Crippen LogP contribution is 2.32. The van der Waals surface area contributed by atoms with E-state index in [0.717, 1.165) is 17.7 Å². The van der Waals surface area contributed by atoms with Crippen LogP contribution in [0.5, 0.6) is 0 Å². The van der Waals surface area contributed by atoms with Gasteiger partial charge >= 0.3 is 6.18 Å². The van der Waals surface area contributed by atoms with Gasteiger partial charge in [0.05, 0.1) is 43.5 Å². The molecule has 4 rings (SSSR count). The van der Waals surface area contributed by atoms with Crippen LogP contribution in [-0.2, 0) is 33.5 Å². The van der Waals surface area contributed by atoms with Crippen LogP contribution in [0.4, 0.5) is 17.6 Å². The van der Waals surface area contributed by atoms with Gasteiger partial charge < -0.3 is 19.9 Å². The molecule has 2 heterocycles. The summed E-state index contributed by atoms with van der Waals surface area (Å²) in [4.78, 5) is 14.4. The zero-order chi connectivity index (χ0) is 25.7. The molecule has 0 saturated carbocycles. The number of nitrogens with zero attached hydrogens (tertiary/aromatic N) is 1. The molecule has 0 aliphatic carbocycles. The van der Waals surface area contributed by atoms with Crippen molar-refractivity contribution in [3.8, 4) is 0 Å². The lowest BCUT2D eigenvalue weighted by molar-refractivity contribution is -0.158. The summed E-state index contributed by atoms with van der Waals surface area (Å²) in [7, 11) is 0. The molecule has 2 saturated heterocycles. The minimum Gasteiger partial charge on any atom is -0.389 e. The zero-order valence-corrected chi connectivity index (χ0v) is 19.7. The molecule has 2 aromatic rings. The SMILES string of the molecule is O=C(C[C@@H]1CC[C@@H]2[C@H](COC[C@H](O)CN2Cc2cccc(C(F)(F)F)c2)O1)NCc1ccc(F)cc1. The largest absolute Gasteiger partial charge is 0.416 e. The Hall–Kier alpha value is -2.53. The van der Waals surface area contributed by atoms with Crippen LogP contribution in [0, 0.1) is 5.82 Å². The molecule has 0 spiro atoms. The zero-order valence-electron chi connectivity index (χ0n) is 19.7. The van der Waals surface area contributed by atoms with Gasteiger partial charge in [-0.05, 0) is 42.2 Å². The summed E-state index contributed by atoms with van der Waals surface area (Å²) in [6.45, 7) is 1.06. The van der Waals surface area contributed by atoms with Crippen LogP contribution in [0.2, 0.25) is 0 Å². The number of rotatable bonds is 6. The number of fused-ring (bicyclic) bond motifs is 1. The number of nitrogens with one attached hydrogen (secondary N) is 1. The Kier molecular flexibility index (Phi) is 8.61. The number of alkyl halides is 3. The normalized spacial score (nSPS) is 25.5. The van der Waals surface area contributed by atoms with Gasteiger partial charge in [-0.15, -0.1) is 0 Å². The Balaban J connectivity index is 1.37. The number of amides is 1. The molecule has 2 aliphatic rings. The number of halogens is 4. The van der Waals surface area contributed by atoms with E-state index in [1.165, 1.54) is 18.2 Å². The topological polar surface area (TPSA) is 71.0 Å². The van der Waals surface area contributed by atoms with Crippen LogP contribution in [-0.4, -0.2) is 60.0 Å².